The van der Waals surface area contributed by atoms with Gasteiger partial charge in [0.1, 0.15) is 17.0 Å². The summed E-state index contributed by atoms with van der Waals surface area (Å²) in [4.78, 5) is 31.2. The Labute approximate surface area is 215 Å². The zero-order valence-electron chi connectivity index (χ0n) is 20.3. The van der Waals surface area contributed by atoms with Crippen LogP contribution in [0.4, 0.5) is 5.82 Å². The number of carbonyl (C=O) groups excluding carboxylic acids is 1. The van der Waals surface area contributed by atoms with Crippen molar-refractivity contribution in [3.63, 3.8) is 0 Å². The Balaban J connectivity index is 1.33. The van der Waals surface area contributed by atoms with Crippen LogP contribution in [0, 0.1) is 0 Å². The summed E-state index contributed by atoms with van der Waals surface area (Å²) in [7, 11) is -3.74. The molecule has 2 aliphatic heterocycles. The van der Waals surface area contributed by atoms with E-state index in [2.05, 4.69) is 30.2 Å². The average molecular weight is 534 g/mol. The third-order valence-electron chi connectivity index (χ3n) is 7.56. The van der Waals surface area contributed by atoms with E-state index in [1.165, 1.54) is 10.8 Å². The van der Waals surface area contributed by atoms with Crippen molar-refractivity contribution in [2.45, 2.75) is 48.6 Å². The zero-order chi connectivity index (χ0) is 26.2. The lowest BCUT2D eigenvalue weighted by Gasteiger charge is -2.38. The number of rotatable bonds is 4. The van der Waals surface area contributed by atoms with Crippen molar-refractivity contribution in [2.75, 3.05) is 12.0 Å². The molecule has 5 aromatic rings. The quantitative estimate of drug-likeness (QED) is 0.339. The molecule has 2 saturated heterocycles. The Hall–Kier alpha value is -4.40. The summed E-state index contributed by atoms with van der Waals surface area (Å²) in [5, 5.41) is 12.0. The highest BCUT2D eigenvalue weighted by Crippen LogP contribution is 2.45. The number of nitrogen functional groups attached to an aromatic ring is 1. The summed E-state index contributed by atoms with van der Waals surface area (Å²) in [5.74, 6) is 0.372. The SMILES string of the molecule is CS(=O)(=O)c1c([C@H]2C[C@H]3CC[C@@H](C2)N3C(=O)c2nnc[nH]2)nc2c(-c3cnc4nccn4c3)cnn2c1N. The van der Waals surface area contributed by atoms with Gasteiger partial charge in [-0.2, -0.15) is 9.61 Å². The van der Waals surface area contributed by atoms with Crippen LogP contribution in [0.25, 0.3) is 22.6 Å². The van der Waals surface area contributed by atoms with Crippen LogP contribution in [0.5, 0.6) is 0 Å². The van der Waals surface area contributed by atoms with E-state index in [0.29, 0.717) is 35.5 Å². The van der Waals surface area contributed by atoms with Gasteiger partial charge in [0.05, 0.1) is 11.9 Å². The van der Waals surface area contributed by atoms with E-state index in [-0.39, 0.29) is 40.4 Å². The monoisotopic (exact) mass is 533 g/mol. The molecule has 2 aliphatic rings. The zero-order valence-corrected chi connectivity index (χ0v) is 21.1. The molecule has 0 radical (unpaired) electrons. The topological polar surface area (TPSA) is 182 Å². The molecule has 2 fully saturated rings. The average Bonchev–Trinajstić information content (AvgIpc) is 3.68. The van der Waals surface area contributed by atoms with Gasteiger partial charge in [-0.25, -0.2) is 23.4 Å². The third kappa shape index (κ3) is 3.38. The van der Waals surface area contributed by atoms with Gasteiger partial charge in [0.15, 0.2) is 15.5 Å². The van der Waals surface area contributed by atoms with Crippen LogP contribution >= 0.6 is 0 Å². The van der Waals surface area contributed by atoms with Crippen LogP contribution in [-0.4, -0.2) is 81.7 Å². The van der Waals surface area contributed by atoms with Crippen LogP contribution in [0.15, 0.2) is 42.2 Å². The fraction of sp³-hybridized carbons (Fsp3) is 0.348. The van der Waals surface area contributed by atoms with Crippen molar-refractivity contribution in [1.29, 1.82) is 0 Å². The Morgan fingerprint density at radius 2 is 1.95 bits per heavy atom. The number of aromatic amines is 1. The van der Waals surface area contributed by atoms with Crippen molar-refractivity contribution >= 4 is 33.0 Å². The van der Waals surface area contributed by atoms with Gasteiger partial charge in [-0.05, 0) is 25.7 Å². The minimum Gasteiger partial charge on any atom is -0.382 e. The predicted molar refractivity (Wildman–Crippen MR) is 134 cm³/mol. The number of H-pyrrole nitrogens is 1. The first-order valence-electron chi connectivity index (χ1n) is 12.1. The molecule has 3 atom stereocenters. The highest BCUT2D eigenvalue weighted by Gasteiger charge is 2.46. The van der Waals surface area contributed by atoms with E-state index in [9.17, 15) is 13.2 Å². The van der Waals surface area contributed by atoms with E-state index in [4.69, 9.17) is 10.7 Å². The molecule has 38 heavy (non-hydrogen) atoms. The molecule has 0 aliphatic carbocycles. The predicted octanol–water partition coefficient (Wildman–Crippen LogP) is 1.09. The molecule has 7 heterocycles. The van der Waals surface area contributed by atoms with E-state index in [1.54, 1.807) is 29.2 Å². The minimum atomic E-state index is -3.74. The molecule has 14 nitrogen and oxygen atoms in total. The molecule has 0 unspecified atom stereocenters. The van der Waals surface area contributed by atoms with Crippen molar-refractivity contribution in [2.24, 2.45) is 0 Å². The molecule has 7 rings (SSSR count). The number of imidazole rings is 1. The van der Waals surface area contributed by atoms with Crippen LogP contribution in [0.2, 0.25) is 0 Å². The normalized spacial score (nSPS) is 21.5. The number of hydrogen-bond acceptors (Lipinski definition) is 10. The van der Waals surface area contributed by atoms with Gasteiger partial charge in [-0.3, -0.25) is 9.20 Å². The van der Waals surface area contributed by atoms with Crippen molar-refractivity contribution < 1.29 is 13.2 Å². The van der Waals surface area contributed by atoms with Gasteiger partial charge in [-0.1, -0.05) is 0 Å². The number of amides is 1. The summed E-state index contributed by atoms with van der Waals surface area (Å²) < 4.78 is 29.1. The lowest BCUT2D eigenvalue weighted by atomic mass is 9.87. The van der Waals surface area contributed by atoms with Gasteiger partial charge >= 0.3 is 0 Å². The van der Waals surface area contributed by atoms with Crippen LogP contribution < -0.4 is 5.73 Å². The van der Waals surface area contributed by atoms with Crippen LogP contribution in [-0.2, 0) is 9.84 Å². The van der Waals surface area contributed by atoms with E-state index in [1.807, 2.05) is 11.1 Å². The van der Waals surface area contributed by atoms with E-state index >= 15 is 0 Å². The molecule has 0 spiro atoms. The van der Waals surface area contributed by atoms with Crippen molar-refractivity contribution in [1.82, 2.24) is 49.0 Å². The number of nitrogens with one attached hydrogen (secondary N) is 1. The number of anilines is 1. The highest BCUT2D eigenvalue weighted by molar-refractivity contribution is 7.91. The summed E-state index contributed by atoms with van der Waals surface area (Å²) >= 11 is 0. The van der Waals surface area contributed by atoms with Gasteiger partial charge in [0.25, 0.3) is 5.91 Å². The Morgan fingerprint density at radius 3 is 2.66 bits per heavy atom. The minimum absolute atomic E-state index is 0.0118. The molecule has 1 amide bonds. The van der Waals surface area contributed by atoms with Crippen molar-refractivity contribution in [3.8, 4) is 11.1 Å². The summed E-state index contributed by atoms with van der Waals surface area (Å²) in [6.07, 6.45) is 13.9. The summed E-state index contributed by atoms with van der Waals surface area (Å²) in [6, 6.07) is -0.138. The number of aromatic nitrogens is 9. The highest BCUT2D eigenvalue weighted by atomic mass is 32.2. The fourth-order valence-electron chi connectivity index (χ4n) is 6.00. The second-order valence-electron chi connectivity index (χ2n) is 9.86. The molecule has 2 bridgehead atoms. The third-order valence-corrected chi connectivity index (χ3v) is 8.72. The first-order chi connectivity index (χ1) is 18.3. The number of sulfone groups is 1. The first kappa shape index (κ1) is 22.8. The van der Waals surface area contributed by atoms with Crippen molar-refractivity contribution in [3.05, 3.63) is 48.8 Å². The van der Waals surface area contributed by atoms with Gasteiger partial charge in [0.2, 0.25) is 11.6 Å². The Morgan fingerprint density at radius 1 is 1.16 bits per heavy atom. The van der Waals surface area contributed by atoms with Crippen LogP contribution in [0.1, 0.15) is 47.9 Å². The lowest BCUT2D eigenvalue weighted by Crippen LogP contribution is -2.46. The van der Waals surface area contributed by atoms with Gasteiger partial charge < -0.3 is 15.6 Å². The van der Waals surface area contributed by atoms with Gasteiger partial charge in [-0.15, -0.1) is 10.2 Å². The fourth-order valence-corrected chi connectivity index (χ4v) is 7.06. The molecule has 3 N–H and O–H groups in total. The summed E-state index contributed by atoms with van der Waals surface area (Å²) in [5.41, 5.74) is 8.74. The molecule has 15 heteroatoms. The largest absolute Gasteiger partial charge is 0.382 e. The number of nitrogens with two attached hydrogens (primary N) is 1. The Kier molecular flexibility index (Phi) is 4.82. The Bertz CT molecular complexity index is 1810. The van der Waals surface area contributed by atoms with E-state index in [0.717, 1.165) is 24.7 Å². The smallest absolute Gasteiger partial charge is 0.292 e. The molecular formula is C23H23N11O3S. The molecule has 5 aromatic heterocycles. The maximum Gasteiger partial charge on any atom is 0.292 e. The van der Waals surface area contributed by atoms with Gasteiger partial charge in [0, 0.05) is 60.2 Å². The van der Waals surface area contributed by atoms with E-state index < -0.39 is 9.84 Å². The maximum absolute atomic E-state index is 13.1. The number of nitrogens with zero attached hydrogens (tertiary/aromatic N) is 9. The standard InChI is InChI=1S/C23H23N11O3S/c1-38(36,37)18-17(12-6-14-2-3-15(7-12)33(14)22(35)20-27-11-28-31-20)30-21-16(9-29-34(21)19(18)24)13-8-26-23-25-4-5-32(23)10-13/h4-5,8-12,14-15H,2-3,6-7,24H2,1H3,(H,27,28,31)/t12-,14+,15-. The number of hydrogen-bond donors (Lipinski definition) is 2. The number of carbonyl (C=O) groups is 1. The first-order valence-corrected chi connectivity index (χ1v) is 14.0. The summed E-state index contributed by atoms with van der Waals surface area (Å²) in [6.45, 7) is 0. The number of piperidine rings is 1. The molecule has 194 valence electrons. The second kappa shape index (κ2) is 8.05. The number of fused-ring (bicyclic) bond motifs is 4. The molecule has 0 saturated carbocycles. The maximum atomic E-state index is 13.1. The lowest BCUT2D eigenvalue weighted by molar-refractivity contribution is 0.0556. The molecular weight excluding hydrogens is 510 g/mol. The van der Waals surface area contributed by atoms with Crippen LogP contribution in [0.3, 0.4) is 0 Å². The second-order valence-corrected chi connectivity index (χ2v) is 11.8. The molecule has 0 aromatic carbocycles.